The third-order valence-corrected chi connectivity index (χ3v) is 4.26. The molecule has 0 fully saturated rings. The van der Waals surface area contributed by atoms with Crippen molar-refractivity contribution in [2.24, 2.45) is 10.9 Å². The van der Waals surface area contributed by atoms with E-state index in [0.29, 0.717) is 5.56 Å². The number of nitrogens with zero attached hydrogens (tertiary/aromatic N) is 1. The van der Waals surface area contributed by atoms with Crippen LogP contribution in [0.15, 0.2) is 46.5 Å². The SMILES string of the molecule is COC(=O)C1=C(C(=O)OC)C(CC(C)C)(C(=O)OC)N=C1c1ccccc1. The lowest BCUT2D eigenvalue weighted by Crippen LogP contribution is -2.43. The predicted octanol–water partition coefficient (Wildman–Crippen LogP) is 2.09. The van der Waals surface area contributed by atoms with Gasteiger partial charge in [0.25, 0.3) is 0 Å². The first-order valence-corrected chi connectivity index (χ1v) is 8.47. The average Bonchev–Trinajstić information content (AvgIpc) is 3.02. The maximum absolute atomic E-state index is 12.8. The number of carbonyl (C=O) groups is 3. The highest BCUT2D eigenvalue weighted by atomic mass is 16.5. The van der Waals surface area contributed by atoms with Gasteiger partial charge in [-0.3, -0.25) is 4.99 Å². The van der Waals surface area contributed by atoms with Crippen LogP contribution in [-0.2, 0) is 28.6 Å². The summed E-state index contributed by atoms with van der Waals surface area (Å²) in [6, 6.07) is 8.82. The van der Waals surface area contributed by atoms with E-state index in [0.717, 1.165) is 0 Å². The zero-order chi connectivity index (χ0) is 20.2. The first-order chi connectivity index (χ1) is 12.8. The molecule has 1 aromatic carbocycles. The molecular weight excluding hydrogens is 350 g/mol. The van der Waals surface area contributed by atoms with Crippen molar-refractivity contribution in [2.75, 3.05) is 21.3 Å². The minimum Gasteiger partial charge on any atom is -0.467 e. The number of rotatable bonds is 6. The summed E-state index contributed by atoms with van der Waals surface area (Å²) in [5.74, 6) is -2.35. The highest BCUT2D eigenvalue weighted by molar-refractivity contribution is 6.33. The molecule has 0 aliphatic carbocycles. The van der Waals surface area contributed by atoms with E-state index in [1.54, 1.807) is 24.3 Å². The lowest BCUT2D eigenvalue weighted by Gasteiger charge is -2.27. The van der Waals surface area contributed by atoms with Crippen LogP contribution in [0.3, 0.4) is 0 Å². The van der Waals surface area contributed by atoms with Gasteiger partial charge in [0.1, 0.15) is 0 Å². The molecule has 144 valence electrons. The molecule has 0 saturated carbocycles. The van der Waals surface area contributed by atoms with Crippen LogP contribution < -0.4 is 0 Å². The Bertz CT molecular complexity index is 809. The average molecular weight is 373 g/mol. The molecule has 0 bridgehead atoms. The predicted molar refractivity (Wildman–Crippen MR) is 98.2 cm³/mol. The summed E-state index contributed by atoms with van der Waals surface area (Å²) >= 11 is 0. The molecule has 1 aliphatic heterocycles. The number of benzene rings is 1. The van der Waals surface area contributed by atoms with Gasteiger partial charge in [0.2, 0.25) is 0 Å². The summed E-state index contributed by atoms with van der Waals surface area (Å²) in [7, 11) is 3.60. The van der Waals surface area contributed by atoms with Crippen LogP contribution in [0.2, 0.25) is 0 Å². The highest BCUT2D eigenvalue weighted by Crippen LogP contribution is 2.41. The Kier molecular flexibility index (Phi) is 6.15. The van der Waals surface area contributed by atoms with E-state index in [2.05, 4.69) is 4.99 Å². The zero-order valence-corrected chi connectivity index (χ0v) is 16.1. The third-order valence-electron chi connectivity index (χ3n) is 4.26. The molecule has 1 heterocycles. The maximum atomic E-state index is 12.8. The number of hydrogen-bond donors (Lipinski definition) is 0. The van der Waals surface area contributed by atoms with Gasteiger partial charge in [-0.15, -0.1) is 0 Å². The van der Waals surface area contributed by atoms with Crippen molar-refractivity contribution in [3.05, 3.63) is 47.0 Å². The largest absolute Gasteiger partial charge is 0.467 e. The molecule has 0 aromatic heterocycles. The van der Waals surface area contributed by atoms with E-state index in [1.165, 1.54) is 21.3 Å². The van der Waals surface area contributed by atoms with Crippen molar-refractivity contribution in [1.29, 1.82) is 0 Å². The van der Waals surface area contributed by atoms with E-state index in [4.69, 9.17) is 14.2 Å². The first kappa shape index (κ1) is 20.4. The first-order valence-electron chi connectivity index (χ1n) is 8.47. The molecule has 1 aromatic rings. The number of ether oxygens (including phenoxy) is 3. The van der Waals surface area contributed by atoms with Crippen molar-refractivity contribution in [3.63, 3.8) is 0 Å². The molecule has 7 heteroatoms. The quantitative estimate of drug-likeness (QED) is 0.560. The molecule has 1 aliphatic rings. The smallest absolute Gasteiger partial charge is 0.340 e. The van der Waals surface area contributed by atoms with Gasteiger partial charge in [0, 0.05) is 5.56 Å². The van der Waals surface area contributed by atoms with E-state index < -0.39 is 23.4 Å². The fourth-order valence-corrected chi connectivity index (χ4v) is 3.24. The van der Waals surface area contributed by atoms with Gasteiger partial charge >= 0.3 is 17.9 Å². The second-order valence-electron chi connectivity index (χ2n) is 6.51. The highest BCUT2D eigenvalue weighted by Gasteiger charge is 2.55. The lowest BCUT2D eigenvalue weighted by molar-refractivity contribution is -0.149. The topological polar surface area (TPSA) is 91.3 Å². The summed E-state index contributed by atoms with van der Waals surface area (Å²) < 4.78 is 14.7. The molecule has 0 saturated heterocycles. The number of methoxy groups -OCH3 is 3. The Labute approximate surface area is 158 Å². The minimum absolute atomic E-state index is 0.0264. The second kappa shape index (κ2) is 8.16. The van der Waals surface area contributed by atoms with Gasteiger partial charge in [-0.25, -0.2) is 14.4 Å². The fourth-order valence-electron chi connectivity index (χ4n) is 3.24. The Balaban J connectivity index is 2.89. The summed E-state index contributed by atoms with van der Waals surface area (Å²) in [6.07, 6.45) is 0.168. The Morgan fingerprint density at radius 2 is 1.56 bits per heavy atom. The van der Waals surface area contributed by atoms with E-state index in [9.17, 15) is 14.4 Å². The summed E-state index contributed by atoms with van der Waals surface area (Å²) in [6.45, 7) is 3.76. The lowest BCUT2D eigenvalue weighted by atomic mass is 9.81. The van der Waals surface area contributed by atoms with Gasteiger partial charge in [0.15, 0.2) is 5.54 Å². The van der Waals surface area contributed by atoms with Crippen LogP contribution in [-0.4, -0.2) is 50.5 Å². The number of aliphatic imine (C=N–C) groups is 1. The summed E-state index contributed by atoms with van der Waals surface area (Å²) in [4.78, 5) is 42.6. The monoisotopic (exact) mass is 373 g/mol. The molecule has 0 spiro atoms. The van der Waals surface area contributed by atoms with Crippen LogP contribution in [0, 0.1) is 5.92 Å². The Morgan fingerprint density at radius 3 is 2.04 bits per heavy atom. The Morgan fingerprint density at radius 1 is 0.963 bits per heavy atom. The van der Waals surface area contributed by atoms with Crippen LogP contribution in [0.4, 0.5) is 0 Å². The molecule has 1 unspecified atom stereocenters. The standard InChI is InChI=1S/C20H23NO6/c1-12(2)11-20(19(24)27-5)15(18(23)26-4)14(17(22)25-3)16(21-20)13-9-7-6-8-10-13/h6-10,12H,11H2,1-5H3. The molecular formula is C20H23NO6. The number of hydrogen-bond acceptors (Lipinski definition) is 7. The van der Waals surface area contributed by atoms with E-state index >= 15 is 0 Å². The van der Waals surface area contributed by atoms with Crippen LogP contribution in [0.25, 0.3) is 0 Å². The normalized spacial score (nSPS) is 19.0. The van der Waals surface area contributed by atoms with E-state index in [-0.39, 0.29) is 29.2 Å². The van der Waals surface area contributed by atoms with Crippen LogP contribution in [0.1, 0.15) is 25.8 Å². The summed E-state index contributed by atoms with van der Waals surface area (Å²) in [5, 5.41) is 0. The van der Waals surface area contributed by atoms with Crippen molar-refractivity contribution >= 4 is 23.6 Å². The number of carbonyl (C=O) groups excluding carboxylic acids is 3. The third kappa shape index (κ3) is 3.63. The summed E-state index contributed by atoms with van der Waals surface area (Å²) in [5.41, 5.74) is -1.13. The van der Waals surface area contributed by atoms with Crippen molar-refractivity contribution in [2.45, 2.75) is 25.8 Å². The molecule has 27 heavy (non-hydrogen) atoms. The van der Waals surface area contributed by atoms with Crippen molar-refractivity contribution in [3.8, 4) is 0 Å². The molecule has 0 radical (unpaired) electrons. The van der Waals surface area contributed by atoms with Crippen molar-refractivity contribution in [1.82, 2.24) is 0 Å². The van der Waals surface area contributed by atoms with Crippen molar-refractivity contribution < 1.29 is 28.6 Å². The minimum atomic E-state index is -1.68. The second-order valence-corrected chi connectivity index (χ2v) is 6.51. The van der Waals surface area contributed by atoms with E-state index in [1.807, 2.05) is 19.9 Å². The zero-order valence-electron chi connectivity index (χ0n) is 16.1. The molecule has 1 atom stereocenters. The maximum Gasteiger partial charge on any atom is 0.340 e. The number of esters is 3. The fraction of sp³-hybridized carbons (Fsp3) is 0.400. The molecule has 0 N–H and O–H groups in total. The van der Waals surface area contributed by atoms with Gasteiger partial charge in [-0.1, -0.05) is 44.2 Å². The van der Waals surface area contributed by atoms with Gasteiger partial charge in [-0.05, 0) is 12.3 Å². The van der Waals surface area contributed by atoms with Gasteiger partial charge < -0.3 is 14.2 Å². The molecule has 2 rings (SSSR count). The molecule has 0 amide bonds. The van der Waals surface area contributed by atoms with Crippen LogP contribution >= 0.6 is 0 Å². The van der Waals surface area contributed by atoms with Crippen LogP contribution in [0.5, 0.6) is 0 Å². The molecule has 7 nitrogen and oxygen atoms in total. The Hall–Kier alpha value is -2.96. The van der Waals surface area contributed by atoms with Gasteiger partial charge in [0.05, 0.1) is 38.2 Å². The van der Waals surface area contributed by atoms with Gasteiger partial charge in [-0.2, -0.15) is 0 Å².